The molecule has 1 aromatic carbocycles. The number of hydrogen-bond donors (Lipinski definition) is 2. The van der Waals surface area contributed by atoms with Gasteiger partial charge in [-0.2, -0.15) is 0 Å². The van der Waals surface area contributed by atoms with E-state index in [4.69, 9.17) is 9.84 Å². The number of pyridine rings is 1. The van der Waals surface area contributed by atoms with Crippen LogP contribution in [0.4, 0.5) is 0 Å². The van der Waals surface area contributed by atoms with Gasteiger partial charge in [0.05, 0.1) is 12.6 Å². The molecule has 0 saturated carbocycles. The Labute approximate surface area is 107 Å². The maximum Gasteiger partial charge on any atom is 0.145 e. The summed E-state index contributed by atoms with van der Waals surface area (Å²) in [6.45, 7) is 2.43. The molecule has 0 spiro atoms. The predicted molar refractivity (Wildman–Crippen MR) is 71.9 cm³/mol. The molecule has 2 aromatic rings. The van der Waals surface area contributed by atoms with Crippen molar-refractivity contribution in [2.45, 2.75) is 13.0 Å². The third-order valence-electron chi connectivity index (χ3n) is 2.89. The topological polar surface area (TPSA) is 54.4 Å². The van der Waals surface area contributed by atoms with Gasteiger partial charge in [-0.05, 0) is 26.1 Å². The van der Waals surface area contributed by atoms with Gasteiger partial charge in [-0.1, -0.05) is 18.2 Å². The smallest absolute Gasteiger partial charge is 0.145 e. The minimum absolute atomic E-state index is 0.0493. The van der Waals surface area contributed by atoms with E-state index in [2.05, 4.69) is 10.3 Å². The van der Waals surface area contributed by atoms with Crippen LogP contribution in [0, 0.1) is 6.92 Å². The third-order valence-corrected chi connectivity index (χ3v) is 2.89. The van der Waals surface area contributed by atoms with Crippen LogP contribution in [0.2, 0.25) is 0 Å². The largest absolute Gasteiger partial charge is 0.490 e. The van der Waals surface area contributed by atoms with Crippen molar-refractivity contribution in [2.75, 3.05) is 20.3 Å². The number of aromatic nitrogens is 1. The van der Waals surface area contributed by atoms with Crippen LogP contribution in [0.3, 0.4) is 0 Å². The van der Waals surface area contributed by atoms with E-state index in [0.717, 1.165) is 22.3 Å². The number of fused-ring (bicyclic) bond motifs is 1. The molecule has 2 N–H and O–H groups in total. The van der Waals surface area contributed by atoms with E-state index >= 15 is 0 Å². The Bertz CT molecular complexity index is 524. The van der Waals surface area contributed by atoms with Crippen molar-refractivity contribution in [1.29, 1.82) is 0 Å². The first-order valence-electron chi connectivity index (χ1n) is 6.02. The molecule has 2 rings (SSSR count). The van der Waals surface area contributed by atoms with Gasteiger partial charge in [-0.25, -0.2) is 4.98 Å². The normalized spacial score (nSPS) is 12.6. The lowest BCUT2D eigenvalue weighted by Crippen LogP contribution is -2.35. The van der Waals surface area contributed by atoms with Crippen LogP contribution >= 0.6 is 0 Å². The van der Waals surface area contributed by atoms with E-state index < -0.39 is 0 Å². The van der Waals surface area contributed by atoms with Gasteiger partial charge in [0.2, 0.25) is 0 Å². The number of hydrogen-bond acceptors (Lipinski definition) is 4. The van der Waals surface area contributed by atoms with Crippen LogP contribution in [-0.4, -0.2) is 36.4 Å². The number of nitrogens with one attached hydrogen (secondary N) is 1. The first kappa shape index (κ1) is 12.8. The second-order valence-corrected chi connectivity index (χ2v) is 4.26. The van der Waals surface area contributed by atoms with Gasteiger partial charge in [0, 0.05) is 11.1 Å². The molecule has 1 heterocycles. The lowest BCUT2D eigenvalue weighted by Gasteiger charge is -2.15. The number of likely N-dealkylation sites (N-methyl/N-ethyl adjacent to an activating group) is 1. The fourth-order valence-corrected chi connectivity index (χ4v) is 1.75. The molecule has 0 amide bonds. The number of aryl methyl sites for hydroxylation is 1. The summed E-state index contributed by atoms with van der Waals surface area (Å²) in [6, 6.07) is 9.81. The summed E-state index contributed by atoms with van der Waals surface area (Å²) in [5, 5.41) is 13.1. The fraction of sp³-hybridized carbons (Fsp3) is 0.357. The fourth-order valence-electron chi connectivity index (χ4n) is 1.75. The van der Waals surface area contributed by atoms with Crippen LogP contribution in [0.15, 0.2) is 30.3 Å². The Morgan fingerprint density at radius 2 is 2.17 bits per heavy atom. The molecule has 4 nitrogen and oxygen atoms in total. The van der Waals surface area contributed by atoms with Crippen molar-refractivity contribution in [1.82, 2.24) is 10.3 Å². The Kier molecular flexibility index (Phi) is 4.12. The zero-order valence-electron chi connectivity index (χ0n) is 10.7. The van der Waals surface area contributed by atoms with E-state index in [0.29, 0.717) is 6.61 Å². The summed E-state index contributed by atoms with van der Waals surface area (Å²) in [6.07, 6.45) is 0. The Morgan fingerprint density at radius 1 is 1.33 bits per heavy atom. The molecule has 96 valence electrons. The van der Waals surface area contributed by atoms with Gasteiger partial charge in [-0.15, -0.1) is 0 Å². The molecule has 1 atom stereocenters. The third kappa shape index (κ3) is 2.78. The maximum atomic E-state index is 9.10. The van der Waals surface area contributed by atoms with E-state index in [1.54, 1.807) is 7.05 Å². The average Bonchev–Trinajstić information content (AvgIpc) is 2.40. The highest BCUT2D eigenvalue weighted by atomic mass is 16.5. The van der Waals surface area contributed by atoms with Gasteiger partial charge < -0.3 is 15.2 Å². The lowest BCUT2D eigenvalue weighted by molar-refractivity contribution is 0.190. The van der Waals surface area contributed by atoms with Gasteiger partial charge in [0.15, 0.2) is 0 Å². The number of aliphatic hydroxyl groups excluding tert-OH is 1. The highest BCUT2D eigenvalue weighted by Crippen LogP contribution is 2.23. The van der Waals surface area contributed by atoms with Crippen LogP contribution < -0.4 is 10.1 Å². The number of aliphatic hydroxyl groups is 1. The molecule has 0 aliphatic heterocycles. The van der Waals surface area contributed by atoms with E-state index in [-0.39, 0.29) is 12.6 Å². The quantitative estimate of drug-likeness (QED) is 0.839. The SMILES string of the molecule is CNC(CO)COc1cccc2ccc(C)nc12. The first-order chi connectivity index (χ1) is 8.74. The molecule has 0 bridgehead atoms. The van der Waals surface area contributed by atoms with Crippen molar-refractivity contribution in [3.63, 3.8) is 0 Å². The highest BCUT2D eigenvalue weighted by molar-refractivity contribution is 5.84. The average molecular weight is 246 g/mol. The molecule has 0 aliphatic carbocycles. The minimum atomic E-state index is -0.0648. The first-order valence-corrected chi connectivity index (χ1v) is 6.02. The zero-order chi connectivity index (χ0) is 13.0. The summed E-state index contributed by atoms with van der Waals surface area (Å²) < 4.78 is 5.73. The summed E-state index contributed by atoms with van der Waals surface area (Å²) in [4.78, 5) is 4.50. The molecule has 0 fully saturated rings. The second kappa shape index (κ2) is 5.80. The monoisotopic (exact) mass is 246 g/mol. The molecule has 1 aromatic heterocycles. The summed E-state index contributed by atoms with van der Waals surface area (Å²) in [5.74, 6) is 0.755. The molecular weight excluding hydrogens is 228 g/mol. The summed E-state index contributed by atoms with van der Waals surface area (Å²) >= 11 is 0. The zero-order valence-corrected chi connectivity index (χ0v) is 10.7. The highest BCUT2D eigenvalue weighted by Gasteiger charge is 2.08. The number of nitrogens with zero attached hydrogens (tertiary/aromatic N) is 1. The molecule has 18 heavy (non-hydrogen) atoms. The van der Waals surface area contributed by atoms with Crippen molar-refractivity contribution in [2.24, 2.45) is 0 Å². The molecule has 4 heteroatoms. The van der Waals surface area contributed by atoms with Crippen LogP contribution in [0.1, 0.15) is 5.69 Å². The number of rotatable bonds is 5. The van der Waals surface area contributed by atoms with Crippen molar-refractivity contribution >= 4 is 10.9 Å². The summed E-state index contributed by atoms with van der Waals surface area (Å²) in [5.41, 5.74) is 1.83. The van der Waals surface area contributed by atoms with Crippen molar-refractivity contribution in [3.8, 4) is 5.75 Å². The molecule has 0 aliphatic rings. The van der Waals surface area contributed by atoms with Crippen LogP contribution in [-0.2, 0) is 0 Å². The Morgan fingerprint density at radius 3 is 2.89 bits per heavy atom. The van der Waals surface area contributed by atoms with Crippen molar-refractivity contribution < 1.29 is 9.84 Å². The van der Waals surface area contributed by atoms with Gasteiger partial charge in [0.1, 0.15) is 17.9 Å². The Balaban J connectivity index is 2.24. The van der Waals surface area contributed by atoms with Gasteiger partial charge >= 0.3 is 0 Å². The summed E-state index contributed by atoms with van der Waals surface area (Å²) in [7, 11) is 1.80. The molecule has 1 unspecified atom stereocenters. The molecule has 0 saturated heterocycles. The second-order valence-electron chi connectivity index (χ2n) is 4.26. The molecular formula is C14H18N2O2. The number of ether oxygens (including phenoxy) is 1. The van der Waals surface area contributed by atoms with E-state index in [1.807, 2.05) is 37.3 Å². The van der Waals surface area contributed by atoms with E-state index in [1.165, 1.54) is 0 Å². The Hall–Kier alpha value is -1.65. The predicted octanol–water partition coefficient (Wildman–Crippen LogP) is 1.50. The van der Waals surface area contributed by atoms with E-state index in [9.17, 15) is 0 Å². The van der Waals surface area contributed by atoms with Gasteiger partial charge in [-0.3, -0.25) is 0 Å². The minimum Gasteiger partial charge on any atom is -0.490 e. The number of para-hydroxylation sites is 1. The lowest BCUT2D eigenvalue weighted by atomic mass is 10.2. The van der Waals surface area contributed by atoms with Gasteiger partial charge in [0.25, 0.3) is 0 Å². The standard InChI is InChI=1S/C14H18N2O2/c1-10-6-7-11-4-3-5-13(14(11)16-10)18-9-12(8-17)15-2/h3-7,12,15,17H,8-9H2,1-2H3. The van der Waals surface area contributed by atoms with Crippen LogP contribution in [0.5, 0.6) is 5.75 Å². The van der Waals surface area contributed by atoms with Crippen LogP contribution in [0.25, 0.3) is 10.9 Å². The van der Waals surface area contributed by atoms with Crippen molar-refractivity contribution in [3.05, 3.63) is 36.0 Å². The maximum absolute atomic E-state index is 9.10. The molecule has 0 radical (unpaired) electrons. The number of benzene rings is 1.